The van der Waals surface area contributed by atoms with E-state index in [0.717, 1.165) is 11.1 Å². The highest BCUT2D eigenvalue weighted by Gasteiger charge is 2.32. The zero-order valence-electron chi connectivity index (χ0n) is 31.9. The van der Waals surface area contributed by atoms with Crippen molar-refractivity contribution in [3.8, 4) is 0 Å². The van der Waals surface area contributed by atoms with Crippen molar-refractivity contribution in [2.24, 2.45) is 17.0 Å². The van der Waals surface area contributed by atoms with Crippen molar-refractivity contribution >= 4 is 40.7 Å². The number of fused-ring (bicyclic) bond motifs is 2. The molecule has 2 aromatic rings. The van der Waals surface area contributed by atoms with Crippen LogP contribution in [0.4, 0.5) is 5.69 Å². The van der Waals surface area contributed by atoms with Crippen molar-refractivity contribution in [1.82, 2.24) is 21.0 Å². The Hall–Kier alpha value is -4.50. The normalized spacial score (nSPS) is 14.8. The van der Waals surface area contributed by atoms with E-state index in [1.54, 1.807) is 11.9 Å². The summed E-state index contributed by atoms with van der Waals surface area (Å²) in [5.41, 5.74) is 8.49. The highest BCUT2D eigenvalue weighted by molar-refractivity contribution is 6.01. The number of rotatable bonds is 18. The van der Waals surface area contributed by atoms with E-state index >= 15 is 0 Å². The van der Waals surface area contributed by atoms with E-state index in [2.05, 4.69) is 16.0 Å². The highest BCUT2D eigenvalue weighted by Crippen LogP contribution is 2.37. The van der Waals surface area contributed by atoms with Crippen LogP contribution in [-0.4, -0.2) is 87.0 Å². The fourth-order valence-electron chi connectivity index (χ4n) is 5.81. The molecule has 0 radical (unpaired) electrons. The molecule has 0 atom stereocenters. The van der Waals surface area contributed by atoms with Crippen molar-refractivity contribution in [2.45, 2.75) is 78.6 Å². The van der Waals surface area contributed by atoms with Gasteiger partial charge in [-0.1, -0.05) is 56.3 Å². The van der Waals surface area contributed by atoms with Crippen molar-refractivity contribution < 1.29 is 33.4 Å². The number of hydrogen-bond donors (Lipinski definition) is 5. The molecular weight excluding hydrogens is 666 g/mol. The number of hydrazine groups is 1. The lowest BCUT2D eigenvalue weighted by molar-refractivity contribution is -0.148. The summed E-state index contributed by atoms with van der Waals surface area (Å²) in [6.45, 7) is 11.7. The number of para-hydroxylation sites is 1. The molecule has 7 N–H and O–H groups in total. The van der Waals surface area contributed by atoms with Gasteiger partial charge in [0.2, 0.25) is 23.6 Å². The van der Waals surface area contributed by atoms with Crippen molar-refractivity contribution in [3.63, 3.8) is 0 Å². The van der Waals surface area contributed by atoms with Crippen LogP contribution in [0.15, 0.2) is 48.5 Å². The summed E-state index contributed by atoms with van der Waals surface area (Å²) in [6, 6.07) is 15.0. The topological polar surface area (TPSA) is 191 Å². The monoisotopic (exact) mass is 723 g/mol. The number of nitrogens with one attached hydrogen (secondary N) is 3. The molecule has 0 aliphatic carbocycles. The summed E-state index contributed by atoms with van der Waals surface area (Å²) in [6.07, 6.45) is 0.626. The standard InChI is InChI=1S/C38H57N7O7/c1-36(2,35(49)42-8)18-20-51-37(3,4)21-30(46)43-19-17-32(48)44-22-26-13-9-10-14-27(26)33(39)34(28-15-11-12-16-29(28)44)45(40)24-38(5,6)52-25-50-23-31(47)41-7/h9-16H,17-25,39-40H2,1-8H3,(H,41,47)(H,42,49)(H,43,46)/b34-33-. The summed E-state index contributed by atoms with van der Waals surface area (Å²) in [4.78, 5) is 52.2. The van der Waals surface area contributed by atoms with Gasteiger partial charge in [0.25, 0.3) is 0 Å². The summed E-state index contributed by atoms with van der Waals surface area (Å²) in [5, 5.41) is 9.54. The number of carbonyl (C=O) groups excluding carboxylic acids is 4. The van der Waals surface area contributed by atoms with E-state index in [1.165, 1.54) is 12.1 Å². The molecule has 4 amide bonds. The second-order valence-electron chi connectivity index (χ2n) is 14.7. The van der Waals surface area contributed by atoms with Gasteiger partial charge >= 0.3 is 0 Å². The summed E-state index contributed by atoms with van der Waals surface area (Å²) < 4.78 is 17.2. The first-order valence-electron chi connectivity index (χ1n) is 17.5. The van der Waals surface area contributed by atoms with Crippen LogP contribution in [0.2, 0.25) is 0 Å². The Kier molecular flexibility index (Phi) is 14.8. The molecule has 0 saturated carbocycles. The Morgan fingerprint density at radius 1 is 0.865 bits per heavy atom. The smallest absolute Gasteiger partial charge is 0.245 e. The number of hydrogen-bond acceptors (Lipinski definition) is 10. The molecule has 2 aromatic carbocycles. The molecule has 52 heavy (non-hydrogen) atoms. The number of amides is 4. The van der Waals surface area contributed by atoms with Gasteiger partial charge in [0.15, 0.2) is 0 Å². The minimum atomic E-state index is -0.822. The predicted octanol–water partition coefficient (Wildman–Crippen LogP) is 2.86. The van der Waals surface area contributed by atoms with Gasteiger partial charge in [-0.2, -0.15) is 0 Å². The Morgan fingerprint density at radius 2 is 1.52 bits per heavy atom. The maximum Gasteiger partial charge on any atom is 0.245 e. The van der Waals surface area contributed by atoms with Gasteiger partial charge in [-0.05, 0) is 45.7 Å². The Labute approximate surface area is 307 Å². The third-order valence-corrected chi connectivity index (χ3v) is 8.83. The third-order valence-electron chi connectivity index (χ3n) is 8.83. The largest absolute Gasteiger partial charge is 0.396 e. The van der Waals surface area contributed by atoms with Crippen LogP contribution >= 0.6 is 0 Å². The average molecular weight is 724 g/mol. The molecule has 0 fully saturated rings. The number of benzene rings is 2. The zero-order valence-corrected chi connectivity index (χ0v) is 31.9. The van der Waals surface area contributed by atoms with Crippen LogP contribution < -0.4 is 32.4 Å². The molecule has 1 aliphatic heterocycles. The Bertz CT molecular complexity index is 1610. The van der Waals surface area contributed by atoms with Crippen LogP contribution in [0.5, 0.6) is 0 Å². The lowest BCUT2D eigenvalue weighted by Gasteiger charge is -2.36. The molecule has 1 aliphatic rings. The zero-order chi connectivity index (χ0) is 38.7. The minimum Gasteiger partial charge on any atom is -0.396 e. The highest BCUT2D eigenvalue weighted by atomic mass is 16.7. The number of likely N-dealkylation sites (N-methyl/N-ethyl adjacent to an activating group) is 1. The van der Waals surface area contributed by atoms with Gasteiger partial charge in [0.05, 0.1) is 47.8 Å². The molecule has 0 bridgehead atoms. The number of anilines is 1. The predicted molar refractivity (Wildman–Crippen MR) is 201 cm³/mol. The average Bonchev–Trinajstić information content (AvgIpc) is 3.07. The molecule has 0 aromatic heterocycles. The Morgan fingerprint density at radius 3 is 2.19 bits per heavy atom. The van der Waals surface area contributed by atoms with Gasteiger partial charge in [0.1, 0.15) is 13.4 Å². The Balaban J connectivity index is 1.75. The van der Waals surface area contributed by atoms with Crippen molar-refractivity contribution in [3.05, 3.63) is 65.2 Å². The first-order chi connectivity index (χ1) is 24.4. The fourth-order valence-corrected chi connectivity index (χ4v) is 5.81. The van der Waals surface area contributed by atoms with Crippen LogP contribution in [0.25, 0.3) is 11.4 Å². The molecule has 14 nitrogen and oxygen atoms in total. The second-order valence-corrected chi connectivity index (χ2v) is 14.7. The van der Waals surface area contributed by atoms with Gasteiger partial charge < -0.3 is 45.8 Å². The van der Waals surface area contributed by atoms with E-state index in [1.807, 2.05) is 90.1 Å². The van der Waals surface area contributed by atoms with Gasteiger partial charge in [0, 0.05) is 50.2 Å². The van der Waals surface area contributed by atoms with E-state index in [9.17, 15) is 19.2 Å². The van der Waals surface area contributed by atoms with Crippen LogP contribution in [0, 0.1) is 5.41 Å². The van der Waals surface area contributed by atoms with Gasteiger partial charge in [-0.25, -0.2) is 5.84 Å². The van der Waals surface area contributed by atoms with Crippen molar-refractivity contribution in [1.29, 1.82) is 0 Å². The van der Waals surface area contributed by atoms with Gasteiger partial charge in [-0.15, -0.1) is 0 Å². The molecule has 1 heterocycles. The lowest BCUT2D eigenvalue weighted by atomic mass is 9.88. The maximum absolute atomic E-state index is 14.0. The number of ether oxygens (including phenoxy) is 3. The summed E-state index contributed by atoms with van der Waals surface area (Å²) in [5.74, 6) is 5.99. The quantitative estimate of drug-likeness (QED) is 0.0662. The first kappa shape index (κ1) is 41.9. The minimum absolute atomic E-state index is 0.0433. The summed E-state index contributed by atoms with van der Waals surface area (Å²) in [7, 11) is 3.13. The number of nitrogens with two attached hydrogens (primary N) is 2. The van der Waals surface area contributed by atoms with E-state index in [-0.39, 0.29) is 69.5 Å². The maximum atomic E-state index is 14.0. The molecule has 0 spiro atoms. The van der Waals surface area contributed by atoms with E-state index < -0.39 is 16.6 Å². The number of carbonyl (C=O) groups is 4. The summed E-state index contributed by atoms with van der Waals surface area (Å²) >= 11 is 0. The van der Waals surface area contributed by atoms with E-state index in [4.69, 9.17) is 25.8 Å². The molecule has 286 valence electrons. The van der Waals surface area contributed by atoms with E-state index in [0.29, 0.717) is 35.7 Å². The SMILES string of the molecule is CNC(=O)COCOC(C)(C)CN(N)/C1=C(\N)c2ccccc2CN(C(=O)CCNC(=O)CC(C)(C)OCCC(C)(C)C(=O)NC)c2ccccc21. The molecule has 3 rings (SSSR count). The number of nitrogens with zero attached hydrogens (tertiary/aromatic N) is 2. The molecular formula is C38H57N7O7. The lowest BCUT2D eigenvalue weighted by Crippen LogP contribution is -2.45. The second kappa shape index (κ2) is 18.3. The molecule has 0 unspecified atom stereocenters. The third kappa shape index (κ3) is 11.8. The fraction of sp³-hybridized carbons (Fsp3) is 0.526. The molecule has 0 saturated heterocycles. The first-order valence-corrected chi connectivity index (χ1v) is 17.5. The van der Waals surface area contributed by atoms with Gasteiger partial charge in [-0.3, -0.25) is 19.2 Å². The van der Waals surface area contributed by atoms with Crippen LogP contribution in [0.1, 0.15) is 77.5 Å². The van der Waals surface area contributed by atoms with Crippen molar-refractivity contribution in [2.75, 3.05) is 52.1 Å². The van der Waals surface area contributed by atoms with Crippen LogP contribution in [-0.2, 0) is 39.9 Å². The molecule has 14 heteroatoms. The van der Waals surface area contributed by atoms with Crippen LogP contribution in [0.3, 0.4) is 0 Å².